The van der Waals surface area contributed by atoms with Gasteiger partial charge in [0.05, 0.1) is 12.2 Å². The van der Waals surface area contributed by atoms with Gasteiger partial charge in [0, 0.05) is 6.54 Å². The molecule has 160 valence electrons. The Morgan fingerprint density at radius 3 is 2.48 bits per heavy atom. The van der Waals surface area contributed by atoms with Gasteiger partial charge in [-0.05, 0) is 73.6 Å². The minimum Gasteiger partial charge on any atom is -0.350 e. The molecule has 0 bridgehead atoms. The van der Waals surface area contributed by atoms with Crippen molar-refractivity contribution in [3.8, 4) is 5.69 Å². The number of aryl methyl sites for hydroxylation is 2. The summed E-state index contributed by atoms with van der Waals surface area (Å²) in [7, 11) is 0. The largest absolute Gasteiger partial charge is 0.352 e. The molecule has 1 aliphatic rings. The van der Waals surface area contributed by atoms with Gasteiger partial charge in [-0.1, -0.05) is 18.2 Å². The van der Waals surface area contributed by atoms with Gasteiger partial charge < -0.3 is 5.32 Å². The Bertz CT molecular complexity index is 1250. The predicted octanol–water partition coefficient (Wildman–Crippen LogP) is 2.34. The highest BCUT2D eigenvalue weighted by Gasteiger charge is 2.25. The van der Waals surface area contributed by atoms with E-state index in [1.807, 2.05) is 19.9 Å². The van der Waals surface area contributed by atoms with Crippen LogP contribution in [-0.2, 0) is 6.54 Å². The Kier molecular flexibility index (Phi) is 5.54. The molecule has 0 aliphatic heterocycles. The fraction of sp³-hybridized carbons (Fsp3) is 0.304. The van der Waals surface area contributed by atoms with Crippen LogP contribution in [0.5, 0.6) is 0 Å². The third kappa shape index (κ3) is 4.63. The van der Waals surface area contributed by atoms with Crippen LogP contribution in [0.25, 0.3) is 5.69 Å². The first-order valence-corrected chi connectivity index (χ1v) is 10.2. The zero-order valence-electron chi connectivity index (χ0n) is 17.4. The van der Waals surface area contributed by atoms with E-state index in [9.17, 15) is 18.8 Å². The molecule has 1 saturated carbocycles. The summed E-state index contributed by atoms with van der Waals surface area (Å²) in [5.41, 5.74) is 0.836. The quantitative estimate of drug-likeness (QED) is 0.661. The van der Waals surface area contributed by atoms with Crippen LogP contribution in [0.3, 0.4) is 0 Å². The minimum absolute atomic E-state index is 0.175. The van der Waals surface area contributed by atoms with Crippen LogP contribution in [-0.4, -0.2) is 26.8 Å². The van der Waals surface area contributed by atoms with Crippen molar-refractivity contribution in [2.45, 2.75) is 33.2 Å². The first-order chi connectivity index (χ1) is 14.8. The zero-order chi connectivity index (χ0) is 22.1. The number of aromatic nitrogens is 3. The minimum atomic E-state index is -0.803. The molecular formula is C23H23FN4O3. The number of benzene rings is 2. The molecule has 0 radical (unpaired) electrons. The van der Waals surface area contributed by atoms with E-state index in [-0.39, 0.29) is 12.2 Å². The fourth-order valence-corrected chi connectivity index (χ4v) is 3.50. The molecule has 0 spiro atoms. The summed E-state index contributed by atoms with van der Waals surface area (Å²) in [6.45, 7) is 4.05. The van der Waals surface area contributed by atoms with Gasteiger partial charge in [0.1, 0.15) is 5.82 Å². The maximum absolute atomic E-state index is 13.6. The highest BCUT2D eigenvalue weighted by Crippen LogP contribution is 2.27. The number of rotatable bonds is 6. The van der Waals surface area contributed by atoms with Crippen molar-refractivity contribution in [2.75, 3.05) is 6.54 Å². The lowest BCUT2D eigenvalue weighted by molar-refractivity contribution is 0.0942. The van der Waals surface area contributed by atoms with E-state index >= 15 is 0 Å². The van der Waals surface area contributed by atoms with Crippen molar-refractivity contribution >= 4 is 5.91 Å². The number of nitrogens with one attached hydrogen (secondary N) is 1. The van der Waals surface area contributed by atoms with Crippen molar-refractivity contribution in [1.29, 1.82) is 0 Å². The predicted molar refractivity (Wildman–Crippen MR) is 114 cm³/mol. The lowest BCUT2D eigenvalue weighted by Crippen LogP contribution is -2.46. The molecule has 1 amide bonds. The number of hydrogen-bond donors (Lipinski definition) is 1. The second-order valence-corrected chi connectivity index (χ2v) is 8.06. The summed E-state index contributed by atoms with van der Waals surface area (Å²) in [5.74, 6) is -0.677. The number of nitrogens with zero attached hydrogens (tertiary/aromatic N) is 3. The van der Waals surface area contributed by atoms with Gasteiger partial charge in [-0.25, -0.2) is 9.18 Å². The number of carbonyl (C=O) groups is 1. The molecule has 2 aromatic carbocycles. The average Bonchev–Trinajstić information content (AvgIpc) is 3.53. The van der Waals surface area contributed by atoms with Crippen molar-refractivity contribution in [2.24, 2.45) is 5.92 Å². The average molecular weight is 422 g/mol. The molecule has 0 atom stereocenters. The van der Waals surface area contributed by atoms with Crippen LogP contribution < -0.4 is 16.6 Å². The van der Waals surface area contributed by atoms with Crippen molar-refractivity contribution in [3.05, 3.63) is 91.5 Å². The standard InChI is InChI=1S/C23H23FN4O3/c1-14-8-15(2)10-19(9-14)28-23(31)27(13-17-4-3-5-18(24)11-17)22(30)20(26-28)21(29)25-12-16-6-7-16/h3-5,8-11,16H,6-7,12-13H2,1-2H3,(H,25,29). The number of amides is 1. The molecule has 8 heteroatoms. The van der Waals surface area contributed by atoms with Crippen LogP contribution in [0.1, 0.15) is 40.0 Å². The van der Waals surface area contributed by atoms with Crippen molar-refractivity contribution < 1.29 is 9.18 Å². The monoisotopic (exact) mass is 422 g/mol. The first kappa shape index (κ1) is 20.7. The normalized spacial score (nSPS) is 13.3. The van der Waals surface area contributed by atoms with E-state index in [1.54, 1.807) is 18.2 Å². The van der Waals surface area contributed by atoms with Gasteiger partial charge in [0.2, 0.25) is 5.69 Å². The second kappa shape index (κ2) is 8.29. The van der Waals surface area contributed by atoms with Gasteiger partial charge in [0.15, 0.2) is 0 Å². The molecule has 31 heavy (non-hydrogen) atoms. The molecular weight excluding hydrogens is 399 g/mol. The van der Waals surface area contributed by atoms with Crippen LogP contribution in [0, 0.1) is 25.6 Å². The number of hydrogen-bond acceptors (Lipinski definition) is 4. The fourth-order valence-electron chi connectivity index (χ4n) is 3.50. The maximum Gasteiger partial charge on any atom is 0.352 e. The van der Waals surface area contributed by atoms with Gasteiger partial charge in [-0.2, -0.15) is 9.78 Å². The molecule has 3 aromatic rings. The van der Waals surface area contributed by atoms with Gasteiger partial charge in [-0.15, -0.1) is 0 Å². The van der Waals surface area contributed by atoms with Gasteiger partial charge in [0.25, 0.3) is 11.5 Å². The molecule has 0 unspecified atom stereocenters. The summed E-state index contributed by atoms with van der Waals surface area (Å²) >= 11 is 0. The lowest BCUT2D eigenvalue weighted by atomic mass is 10.1. The maximum atomic E-state index is 13.6. The molecule has 4 rings (SSSR count). The van der Waals surface area contributed by atoms with Crippen molar-refractivity contribution in [1.82, 2.24) is 19.7 Å². The molecule has 7 nitrogen and oxygen atoms in total. The second-order valence-electron chi connectivity index (χ2n) is 8.06. The third-order valence-corrected chi connectivity index (χ3v) is 5.20. The smallest absolute Gasteiger partial charge is 0.350 e. The van der Waals surface area contributed by atoms with E-state index in [2.05, 4.69) is 10.4 Å². The van der Waals surface area contributed by atoms with E-state index in [1.165, 1.54) is 18.2 Å². The first-order valence-electron chi connectivity index (χ1n) is 10.2. The Morgan fingerprint density at radius 1 is 1.13 bits per heavy atom. The van der Waals surface area contributed by atoms with E-state index in [0.717, 1.165) is 33.2 Å². The summed E-state index contributed by atoms with van der Waals surface area (Å²) in [5, 5.41) is 6.86. The SMILES string of the molecule is Cc1cc(C)cc(-n2nc(C(=O)NCC3CC3)c(=O)n(Cc3cccc(F)c3)c2=O)c1. The number of carbonyl (C=O) groups excluding carboxylic acids is 1. The van der Waals surface area contributed by atoms with Crippen molar-refractivity contribution in [3.63, 3.8) is 0 Å². The molecule has 1 N–H and O–H groups in total. The zero-order valence-corrected chi connectivity index (χ0v) is 17.4. The van der Waals surface area contributed by atoms with Crippen LogP contribution in [0.2, 0.25) is 0 Å². The van der Waals surface area contributed by atoms with Crippen LogP contribution >= 0.6 is 0 Å². The third-order valence-electron chi connectivity index (χ3n) is 5.20. The van der Waals surface area contributed by atoms with E-state index in [0.29, 0.717) is 23.7 Å². The molecule has 1 aliphatic carbocycles. The topological polar surface area (TPSA) is 86.0 Å². The summed E-state index contributed by atoms with van der Waals surface area (Å²) in [6, 6.07) is 11.1. The van der Waals surface area contributed by atoms with Crippen LogP contribution in [0.4, 0.5) is 4.39 Å². The Morgan fingerprint density at radius 2 is 1.84 bits per heavy atom. The summed E-state index contributed by atoms with van der Waals surface area (Å²) in [6.07, 6.45) is 2.08. The Balaban J connectivity index is 1.85. The van der Waals surface area contributed by atoms with Gasteiger partial charge in [-0.3, -0.25) is 14.2 Å². The van der Waals surface area contributed by atoms with Gasteiger partial charge >= 0.3 is 5.69 Å². The number of halogens is 1. The molecule has 1 fully saturated rings. The lowest BCUT2D eigenvalue weighted by Gasteiger charge is -2.13. The van der Waals surface area contributed by atoms with E-state index < -0.39 is 23.0 Å². The Hall–Kier alpha value is -3.55. The highest BCUT2D eigenvalue weighted by atomic mass is 19.1. The molecule has 1 aromatic heterocycles. The Labute approximate surface area is 178 Å². The highest BCUT2D eigenvalue weighted by molar-refractivity contribution is 5.91. The van der Waals surface area contributed by atoms with E-state index in [4.69, 9.17) is 0 Å². The summed E-state index contributed by atoms with van der Waals surface area (Å²) in [4.78, 5) is 38.9. The molecule has 0 saturated heterocycles. The van der Waals surface area contributed by atoms with Crippen LogP contribution in [0.15, 0.2) is 52.1 Å². The molecule has 1 heterocycles. The summed E-state index contributed by atoms with van der Waals surface area (Å²) < 4.78 is 15.6.